The van der Waals surface area contributed by atoms with Gasteiger partial charge in [-0.3, -0.25) is 9.59 Å². The summed E-state index contributed by atoms with van der Waals surface area (Å²) in [6.07, 6.45) is 0.844. The summed E-state index contributed by atoms with van der Waals surface area (Å²) < 4.78 is 15.1. The van der Waals surface area contributed by atoms with Gasteiger partial charge in [-0.15, -0.1) is 0 Å². The van der Waals surface area contributed by atoms with Crippen molar-refractivity contribution in [1.29, 1.82) is 0 Å². The summed E-state index contributed by atoms with van der Waals surface area (Å²) in [6.45, 7) is 0.510. The molecule has 2 amide bonds. The van der Waals surface area contributed by atoms with E-state index in [-0.39, 0.29) is 18.7 Å². The Hall–Kier alpha value is -2.69. The number of rotatable bonds is 4. The first kappa shape index (κ1) is 22.5. The van der Waals surface area contributed by atoms with Crippen LogP contribution in [-0.4, -0.2) is 57.0 Å². The predicted molar refractivity (Wildman–Crippen MR) is 117 cm³/mol. The van der Waals surface area contributed by atoms with E-state index in [4.69, 9.17) is 28.9 Å². The Morgan fingerprint density at radius 2 is 1.97 bits per heavy atom. The van der Waals surface area contributed by atoms with Crippen LogP contribution in [-0.2, 0) is 15.1 Å². The van der Waals surface area contributed by atoms with E-state index in [1.165, 1.54) is 23.1 Å². The van der Waals surface area contributed by atoms with Gasteiger partial charge in [-0.1, -0.05) is 23.2 Å². The Kier molecular flexibility index (Phi) is 6.11. The molecule has 0 spiro atoms. The molecule has 0 aliphatic carbocycles. The van der Waals surface area contributed by atoms with Crippen LogP contribution >= 0.6 is 23.2 Å². The molecule has 2 aliphatic heterocycles. The molecule has 2 unspecified atom stereocenters. The minimum Gasteiger partial charge on any atom is -0.390 e. The van der Waals surface area contributed by atoms with Gasteiger partial charge in [-0.25, -0.2) is 14.4 Å². The number of aliphatic hydroxyl groups is 1. The van der Waals surface area contributed by atoms with Crippen LogP contribution in [0.25, 0.3) is 0 Å². The zero-order chi connectivity index (χ0) is 23.0. The van der Waals surface area contributed by atoms with Crippen molar-refractivity contribution in [2.75, 3.05) is 24.1 Å². The number of anilines is 2. The minimum absolute atomic E-state index is 0.143. The van der Waals surface area contributed by atoms with E-state index in [9.17, 15) is 14.7 Å². The second-order valence-corrected chi connectivity index (χ2v) is 8.68. The largest absolute Gasteiger partial charge is 0.390 e. The van der Waals surface area contributed by atoms with E-state index in [1.54, 1.807) is 0 Å². The number of benzene rings is 1. The van der Waals surface area contributed by atoms with Crippen molar-refractivity contribution in [2.45, 2.75) is 36.9 Å². The lowest BCUT2D eigenvalue weighted by Gasteiger charge is -2.46. The SMILES string of the molecule is Nc1ncnc([C@@]2(Nc3cc(Cl)cc(Cl)c3)CCCN(C3C(=O)NCCC3O)C2=O)c1F. The van der Waals surface area contributed by atoms with E-state index >= 15 is 4.39 Å². The maximum Gasteiger partial charge on any atom is 0.255 e. The number of nitrogen functional groups attached to an aromatic ring is 1. The number of hydrogen-bond donors (Lipinski definition) is 4. The lowest BCUT2D eigenvalue weighted by atomic mass is 9.82. The summed E-state index contributed by atoms with van der Waals surface area (Å²) in [7, 11) is 0. The van der Waals surface area contributed by atoms with Gasteiger partial charge in [0.15, 0.2) is 17.2 Å². The molecule has 12 heteroatoms. The van der Waals surface area contributed by atoms with Gasteiger partial charge in [0.2, 0.25) is 5.91 Å². The number of nitrogens with two attached hydrogens (primary N) is 1. The second kappa shape index (κ2) is 8.68. The van der Waals surface area contributed by atoms with Crippen LogP contribution in [0.2, 0.25) is 10.0 Å². The average Bonchev–Trinajstić information content (AvgIpc) is 2.72. The number of likely N-dealkylation sites (tertiary alicyclic amines) is 1. The van der Waals surface area contributed by atoms with E-state index in [1.807, 2.05) is 0 Å². The van der Waals surface area contributed by atoms with Crippen molar-refractivity contribution in [3.63, 3.8) is 0 Å². The first-order valence-corrected chi connectivity index (χ1v) is 10.8. The molecule has 2 saturated heterocycles. The fraction of sp³-hybridized carbons (Fsp3) is 0.400. The molecule has 0 saturated carbocycles. The van der Waals surface area contributed by atoms with Crippen LogP contribution in [0.3, 0.4) is 0 Å². The van der Waals surface area contributed by atoms with Crippen molar-refractivity contribution in [2.24, 2.45) is 0 Å². The number of nitrogens with one attached hydrogen (secondary N) is 2. The molecule has 0 bridgehead atoms. The predicted octanol–water partition coefficient (Wildman–Crippen LogP) is 1.68. The molecule has 0 radical (unpaired) electrons. The highest BCUT2D eigenvalue weighted by Gasteiger charge is 2.52. The average molecular weight is 483 g/mol. The molecule has 32 heavy (non-hydrogen) atoms. The van der Waals surface area contributed by atoms with Crippen molar-refractivity contribution in [1.82, 2.24) is 20.2 Å². The molecule has 5 N–H and O–H groups in total. The summed E-state index contributed by atoms with van der Waals surface area (Å²) >= 11 is 12.2. The van der Waals surface area contributed by atoms with Crippen LogP contribution in [0, 0.1) is 5.82 Å². The fourth-order valence-electron chi connectivity index (χ4n) is 4.31. The van der Waals surface area contributed by atoms with Crippen molar-refractivity contribution in [3.05, 3.63) is 46.1 Å². The van der Waals surface area contributed by atoms with Crippen LogP contribution in [0.5, 0.6) is 0 Å². The van der Waals surface area contributed by atoms with Crippen LogP contribution in [0.15, 0.2) is 24.5 Å². The number of hydrogen-bond acceptors (Lipinski definition) is 7. The zero-order valence-corrected chi connectivity index (χ0v) is 18.3. The third-order valence-corrected chi connectivity index (χ3v) is 6.16. The van der Waals surface area contributed by atoms with Crippen molar-refractivity contribution < 1.29 is 19.1 Å². The Labute approximate surface area is 193 Å². The normalized spacial score (nSPS) is 26.1. The minimum atomic E-state index is -1.73. The zero-order valence-electron chi connectivity index (χ0n) is 16.8. The highest BCUT2D eigenvalue weighted by atomic mass is 35.5. The second-order valence-electron chi connectivity index (χ2n) is 7.80. The number of piperidine rings is 2. The van der Waals surface area contributed by atoms with Gasteiger partial charge in [0.05, 0.1) is 6.10 Å². The van der Waals surface area contributed by atoms with Gasteiger partial charge >= 0.3 is 0 Å². The number of amides is 2. The Bertz CT molecular complexity index is 1050. The smallest absolute Gasteiger partial charge is 0.255 e. The fourth-order valence-corrected chi connectivity index (χ4v) is 4.84. The number of carbonyl (C=O) groups is 2. The topological polar surface area (TPSA) is 133 Å². The molecule has 9 nitrogen and oxygen atoms in total. The number of nitrogens with zero attached hydrogens (tertiary/aromatic N) is 3. The molecular formula is C20H21Cl2FN6O3. The summed E-state index contributed by atoms with van der Waals surface area (Å²) in [6, 6.07) is 3.47. The Morgan fingerprint density at radius 1 is 1.25 bits per heavy atom. The number of carbonyl (C=O) groups excluding carboxylic acids is 2. The first-order valence-electron chi connectivity index (χ1n) is 10.0. The number of halogens is 3. The van der Waals surface area contributed by atoms with Gasteiger partial charge in [-0.05, 0) is 37.5 Å². The standard InChI is InChI=1S/C20H21Cl2FN6O3/c21-10-6-11(22)8-12(7-10)28-20(16-14(23)17(24)27-9-26-16)3-1-5-29(19(20)32)15-13(30)2-4-25-18(15)31/h6-9,13,15,28,30H,1-5H2,(H,25,31)(H2,24,26,27)/t13?,15?,20-/m0/s1. The van der Waals surface area contributed by atoms with Gasteiger partial charge < -0.3 is 26.4 Å². The molecule has 2 aromatic rings. The Morgan fingerprint density at radius 3 is 2.66 bits per heavy atom. The monoisotopic (exact) mass is 482 g/mol. The number of aliphatic hydroxyl groups excluding tert-OH is 1. The first-order chi connectivity index (χ1) is 15.2. The van der Waals surface area contributed by atoms with Gasteiger partial charge in [0, 0.05) is 28.8 Å². The molecule has 4 rings (SSSR count). The lowest BCUT2D eigenvalue weighted by Crippen LogP contribution is -2.66. The highest BCUT2D eigenvalue weighted by Crippen LogP contribution is 2.39. The molecule has 1 aromatic heterocycles. The molecule has 3 atom stereocenters. The summed E-state index contributed by atoms with van der Waals surface area (Å²) in [5.74, 6) is -2.46. The summed E-state index contributed by atoms with van der Waals surface area (Å²) in [5.41, 5.74) is 4.03. The summed E-state index contributed by atoms with van der Waals surface area (Å²) in [5, 5.41) is 16.8. The van der Waals surface area contributed by atoms with Gasteiger partial charge in [0.1, 0.15) is 18.1 Å². The quantitative estimate of drug-likeness (QED) is 0.520. The van der Waals surface area contributed by atoms with Gasteiger partial charge in [0.25, 0.3) is 5.91 Å². The van der Waals surface area contributed by atoms with Crippen LogP contribution in [0.4, 0.5) is 15.9 Å². The van der Waals surface area contributed by atoms with Crippen LogP contribution < -0.4 is 16.4 Å². The molecular weight excluding hydrogens is 462 g/mol. The third kappa shape index (κ3) is 3.94. The van der Waals surface area contributed by atoms with E-state index in [0.717, 1.165) is 6.33 Å². The third-order valence-electron chi connectivity index (χ3n) is 5.73. The lowest BCUT2D eigenvalue weighted by molar-refractivity contribution is -0.153. The highest BCUT2D eigenvalue weighted by molar-refractivity contribution is 6.35. The van der Waals surface area contributed by atoms with E-state index < -0.39 is 41.1 Å². The number of aromatic nitrogens is 2. The van der Waals surface area contributed by atoms with Crippen molar-refractivity contribution >= 4 is 46.5 Å². The molecule has 1 aromatic carbocycles. The van der Waals surface area contributed by atoms with Gasteiger partial charge in [-0.2, -0.15) is 0 Å². The van der Waals surface area contributed by atoms with E-state index in [0.29, 0.717) is 35.1 Å². The molecule has 3 heterocycles. The molecule has 170 valence electrons. The molecule has 2 fully saturated rings. The maximum absolute atomic E-state index is 15.1. The van der Waals surface area contributed by atoms with Crippen molar-refractivity contribution in [3.8, 4) is 0 Å². The van der Waals surface area contributed by atoms with E-state index in [2.05, 4.69) is 20.6 Å². The maximum atomic E-state index is 15.1. The van der Waals surface area contributed by atoms with Crippen LogP contribution in [0.1, 0.15) is 25.0 Å². The Balaban J connectivity index is 1.84. The summed E-state index contributed by atoms with van der Waals surface area (Å²) in [4.78, 5) is 35.4. The molecule has 2 aliphatic rings.